The van der Waals surface area contributed by atoms with E-state index < -0.39 is 0 Å². The van der Waals surface area contributed by atoms with Crippen LogP contribution in [-0.4, -0.2) is 4.98 Å². The highest BCUT2D eigenvalue weighted by atomic mass is 32.2. The second-order valence-electron chi connectivity index (χ2n) is 4.37. The molecule has 2 aromatic carbocycles. The Balaban J connectivity index is 1.96. The number of nitrogens with zero attached hydrogens (tertiary/aromatic N) is 1. The third-order valence-electron chi connectivity index (χ3n) is 2.67. The van der Waals surface area contributed by atoms with E-state index in [-0.39, 0.29) is 0 Å². The van der Waals surface area contributed by atoms with Crippen LogP contribution >= 0.6 is 23.1 Å². The summed E-state index contributed by atoms with van der Waals surface area (Å²) in [5, 5.41) is 0. The molecule has 0 saturated heterocycles. The molecule has 18 heavy (non-hydrogen) atoms. The first-order chi connectivity index (χ1) is 8.70. The summed E-state index contributed by atoms with van der Waals surface area (Å²) in [4.78, 5) is 5.92. The van der Waals surface area contributed by atoms with Crippen molar-refractivity contribution in [3.05, 3.63) is 53.6 Å². The number of hydrogen-bond acceptors (Lipinski definition) is 3. The van der Waals surface area contributed by atoms with Gasteiger partial charge in [0.05, 0.1) is 10.2 Å². The lowest BCUT2D eigenvalue weighted by molar-refractivity contribution is 1.26. The van der Waals surface area contributed by atoms with Gasteiger partial charge in [-0.15, -0.1) is 11.3 Å². The summed E-state index contributed by atoms with van der Waals surface area (Å²) in [7, 11) is 0. The molecule has 3 aromatic rings. The molecule has 0 bridgehead atoms. The van der Waals surface area contributed by atoms with E-state index >= 15 is 0 Å². The minimum atomic E-state index is 1.09. The number of para-hydroxylation sites is 1. The first kappa shape index (κ1) is 11.8. The van der Waals surface area contributed by atoms with Crippen LogP contribution in [0.15, 0.2) is 51.7 Å². The summed E-state index contributed by atoms with van der Waals surface area (Å²) in [6, 6.07) is 14.9. The predicted molar refractivity (Wildman–Crippen MR) is 79.7 cm³/mol. The molecule has 0 aliphatic heterocycles. The van der Waals surface area contributed by atoms with Crippen LogP contribution < -0.4 is 0 Å². The average Bonchev–Trinajstić information content (AvgIpc) is 2.69. The van der Waals surface area contributed by atoms with E-state index in [4.69, 9.17) is 0 Å². The van der Waals surface area contributed by atoms with Gasteiger partial charge in [-0.2, -0.15) is 0 Å². The summed E-state index contributed by atoms with van der Waals surface area (Å²) in [5.41, 5.74) is 3.70. The molecule has 0 amide bonds. The first-order valence-electron chi connectivity index (χ1n) is 5.82. The van der Waals surface area contributed by atoms with Crippen molar-refractivity contribution in [2.24, 2.45) is 0 Å². The fourth-order valence-electron chi connectivity index (χ4n) is 1.99. The summed E-state index contributed by atoms with van der Waals surface area (Å²) in [5.74, 6) is 0. The lowest BCUT2D eigenvalue weighted by Crippen LogP contribution is -1.79. The predicted octanol–water partition coefficient (Wildman–Crippen LogP) is 5.06. The van der Waals surface area contributed by atoms with Crippen molar-refractivity contribution in [3.63, 3.8) is 0 Å². The Morgan fingerprint density at radius 1 is 1.00 bits per heavy atom. The van der Waals surface area contributed by atoms with E-state index in [9.17, 15) is 0 Å². The van der Waals surface area contributed by atoms with E-state index in [0.29, 0.717) is 0 Å². The zero-order valence-corrected chi connectivity index (χ0v) is 11.9. The Kier molecular flexibility index (Phi) is 3.10. The molecule has 0 N–H and O–H groups in total. The number of rotatable bonds is 2. The van der Waals surface area contributed by atoms with E-state index in [1.807, 2.05) is 6.07 Å². The molecule has 0 radical (unpaired) electrons. The maximum absolute atomic E-state index is 4.65. The standard InChI is InChI=1S/C15H13NS2/c1-10-7-11(2)9-12(8-10)17-15-16-13-5-3-4-6-14(13)18-15/h3-9H,1-2H3. The third kappa shape index (κ3) is 2.42. The van der Waals surface area contributed by atoms with Crippen molar-refractivity contribution >= 4 is 33.3 Å². The van der Waals surface area contributed by atoms with Gasteiger partial charge in [-0.1, -0.05) is 30.0 Å². The normalized spacial score (nSPS) is 11.0. The van der Waals surface area contributed by atoms with Gasteiger partial charge in [0.1, 0.15) is 0 Å². The van der Waals surface area contributed by atoms with Gasteiger partial charge in [-0.05, 0) is 49.2 Å². The van der Waals surface area contributed by atoms with Crippen LogP contribution in [-0.2, 0) is 0 Å². The summed E-state index contributed by atoms with van der Waals surface area (Å²) >= 11 is 3.50. The highest BCUT2D eigenvalue weighted by molar-refractivity contribution is 8.01. The summed E-state index contributed by atoms with van der Waals surface area (Å²) in [6.07, 6.45) is 0. The maximum atomic E-state index is 4.65. The SMILES string of the molecule is Cc1cc(C)cc(Sc2nc3ccccc3s2)c1. The molecule has 3 heteroatoms. The quantitative estimate of drug-likeness (QED) is 0.646. The number of fused-ring (bicyclic) bond motifs is 1. The van der Waals surface area contributed by atoms with Gasteiger partial charge in [-0.25, -0.2) is 4.98 Å². The fraction of sp³-hybridized carbons (Fsp3) is 0.133. The molecular formula is C15H13NS2. The van der Waals surface area contributed by atoms with Crippen LogP contribution in [0.5, 0.6) is 0 Å². The van der Waals surface area contributed by atoms with Crippen molar-refractivity contribution < 1.29 is 0 Å². The second-order valence-corrected chi connectivity index (χ2v) is 6.72. The lowest BCUT2D eigenvalue weighted by atomic mass is 10.2. The Morgan fingerprint density at radius 2 is 1.72 bits per heavy atom. The number of hydrogen-bond donors (Lipinski definition) is 0. The number of aryl methyl sites for hydroxylation is 2. The molecule has 0 aliphatic carbocycles. The van der Waals surface area contributed by atoms with Crippen molar-refractivity contribution in [1.82, 2.24) is 4.98 Å². The van der Waals surface area contributed by atoms with E-state index in [0.717, 1.165) is 9.86 Å². The van der Waals surface area contributed by atoms with Crippen molar-refractivity contribution in [1.29, 1.82) is 0 Å². The van der Waals surface area contributed by atoms with E-state index in [1.54, 1.807) is 23.1 Å². The Bertz CT molecular complexity index is 647. The first-order valence-corrected chi connectivity index (χ1v) is 7.46. The molecule has 0 unspecified atom stereocenters. The van der Waals surface area contributed by atoms with Gasteiger partial charge in [-0.3, -0.25) is 0 Å². The van der Waals surface area contributed by atoms with Gasteiger partial charge in [0.2, 0.25) is 0 Å². The Labute approximate surface area is 115 Å². The molecule has 1 nitrogen and oxygen atoms in total. The largest absolute Gasteiger partial charge is 0.229 e. The topological polar surface area (TPSA) is 12.9 Å². The van der Waals surface area contributed by atoms with Gasteiger partial charge in [0.25, 0.3) is 0 Å². The monoisotopic (exact) mass is 271 g/mol. The highest BCUT2D eigenvalue weighted by Crippen LogP contribution is 2.34. The van der Waals surface area contributed by atoms with Crippen molar-refractivity contribution in [3.8, 4) is 0 Å². The summed E-state index contributed by atoms with van der Waals surface area (Å²) in [6.45, 7) is 4.27. The highest BCUT2D eigenvalue weighted by Gasteiger charge is 2.05. The minimum Gasteiger partial charge on any atom is -0.229 e. The molecule has 0 atom stereocenters. The van der Waals surface area contributed by atoms with Gasteiger partial charge < -0.3 is 0 Å². The Hall–Kier alpha value is -1.32. The van der Waals surface area contributed by atoms with Crippen LogP contribution in [0, 0.1) is 13.8 Å². The molecule has 3 rings (SSSR count). The lowest BCUT2D eigenvalue weighted by Gasteiger charge is -2.01. The van der Waals surface area contributed by atoms with Crippen LogP contribution in [0.2, 0.25) is 0 Å². The molecular weight excluding hydrogens is 258 g/mol. The van der Waals surface area contributed by atoms with E-state index in [2.05, 4.69) is 55.2 Å². The molecule has 0 spiro atoms. The number of aromatic nitrogens is 1. The fourth-order valence-corrected chi connectivity index (χ4v) is 4.24. The molecule has 0 aliphatic rings. The minimum absolute atomic E-state index is 1.09. The summed E-state index contributed by atoms with van der Waals surface area (Å²) < 4.78 is 2.37. The van der Waals surface area contributed by atoms with Gasteiger partial charge in [0, 0.05) is 4.90 Å². The molecule has 0 saturated carbocycles. The van der Waals surface area contributed by atoms with Crippen molar-refractivity contribution in [2.45, 2.75) is 23.1 Å². The molecule has 0 fully saturated rings. The van der Waals surface area contributed by atoms with Gasteiger partial charge >= 0.3 is 0 Å². The molecule has 1 heterocycles. The number of benzene rings is 2. The van der Waals surface area contributed by atoms with Gasteiger partial charge in [0.15, 0.2) is 4.34 Å². The van der Waals surface area contributed by atoms with Crippen LogP contribution in [0.25, 0.3) is 10.2 Å². The third-order valence-corrected chi connectivity index (χ3v) is 4.74. The second kappa shape index (κ2) is 4.75. The van der Waals surface area contributed by atoms with E-state index in [1.165, 1.54) is 20.7 Å². The molecule has 1 aromatic heterocycles. The smallest absolute Gasteiger partial charge is 0.155 e. The average molecular weight is 271 g/mol. The number of thiazole rings is 1. The molecule has 90 valence electrons. The van der Waals surface area contributed by atoms with Crippen molar-refractivity contribution in [2.75, 3.05) is 0 Å². The Morgan fingerprint density at radius 3 is 2.44 bits per heavy atom. The zero-order chi connectivity index (χ0) is 12.5. The van der Waals surface area contributed by atoms with Crippen LogP contribution in [0.3, 0.4) is 0 Å². The van der Waals surface area contributed by atoms with Crippen LogP contribution in [0.4, 0.5) is 0 Å². The zero-order valence-electron chi connectivity index (χ0n) is 10.3. The maximum Gasteiger partial charge on any atom is 0.155 e. The van der Waals surface area contributed by atoms with Crippen LogP contribution in [0.1, 0.15) is 11.1 Å².